The summed E-state index contributed by atoms with van der Waals surface area (Å²) in [6.07, 6.45) is 4.03. The van der Waals surface area contributed by atoms with Crippen LogP contribution in [-0.4, -0.2) is 29.2 Å². The van der Waals surface area contributed by atoms with Crippen molar-refractivity contribution < 1.29 is 23.6 Å². The number of hydrogen-bond acceptors (Lipinski definition) is 7. The Hall–Kier alpha value is -3.86. The molecule has 1 aliphatic carbocycles. The normalized spacial score (nSPS) is 14.9. The lowest BCUT2D eigenvalue weighted by Crippen LogP contribution is -2.50. The minimum absolute atomic E-state index is 0.172. The molecule has 0 radical (unpaired) electrons. The summed E-state index contributed by atoms with van der Waals surface area (Å²) >= 11 is 0. The highest BCUT2D eigenvalue weighted by atomic mass is 16.5. The third-order valence-corrected chi connectivity index (χ3v) is 6.26. The Bertz CT molecular complexity index is 1230. The Kier molecular flexibility index (Phi) is 6.82. The van der Waals surface area contributed by atoms with Crippen LogP contribution in [0.3, 0.4) is 0 Å². The van der Waals surface area contributed by atoms with E-state index < -0.39 is 24.0 Å². The number of aromatic nitrogens is 1. The maximum atomic E-state index is 13.0. The van der Waals surface area contributed by atoms with Crippen LogP contribution in [0, 0.1) is 25.2 Å². The number of rotatable bonds is 7. The number of carbonyl (C=O) groups excluding carboxylic acids is 2. The topological polar surface area (TPSA) is 114 Å². The van der Waals surface area contributed by atoms with Crippen LogP contribution in [-0.2, 0) is 16.1 Å². The highest BCUT2D eigenvalue weighted by molar-refractivity contribution is 5.99. The number of nitriles is 1. The van der Waals surface area contributed by atoms with Crippen molar-refractivity contribution in [3.05, 3.63) is 59.0 Å². The van der Waals surface area contributed by atoms with Crippen LogP contribution in [0.2, 0.25) is 0 Å². The van der Waals surface area contributed by atoms with Crippen LogP contribution in [0.1, 0.15) is 59.5 Å². The molecule has 34 heavy (non-hydrogen) atoms. The van der Waals surface area contributed by atoms with Gasteiger partial charge in [0, 0.05) is 0 Å². The summed E-state index contributed by atoms with van der Waals surface area (Å²) in [5.74, 6) is -0.182. The van der Waals surface area contributed by atoms with Gasteiger partial charge in [-0.1, -0.05) is 48.7 Å². The third-order valence-electron chi connectivity index (χ3n) is 6.26. The monoisotopic (exact) mass is 461 g/mol. The molecule has 4 rings (SSSR count). The first kappa shape index (κ1) is 23.3. The first-order chi connectivity index (χ1) is 16.4. The summed E-state index contributed by atoms with van der Waals surface area (Å²) in [6, 6.07) is 13.3. The number of ether oxygens (including phenoxy) is 2. The van der Waals surface area contributed by atoms with Crippen molar-refractivity contribution in [2.45, 2.75) is 58.1 Å². The lowest BCUT2D eigenvalue weighted by atomic mass is 9.83. The van der Waals surface area contributed by atoms with E-state index in [1.165, 1.54) is 0 Å². The summed E-state index contributed by atoms with van der Waals surface area (Å²) < 4.78 is 16.5. The summed E-state index contributed by atoms with van der Waals surface area (Å²) in [4.78, 5) is 25.4. The van der Waals surface area contributed by atoms with Gasteiger partial charge >= 0.3 is 5.97 Å². The van der Waals surface area contributed by atoms with Crippen LogP contribution >= 0.6 is 0 Å². The zero-order chi connectivity index (χ0) is 24.1. The zero-order valence-electron chi connectivity index (χ0n) is 19.3. The van der Waals surface area contributed by atoms with E-state index in [1.807, 2.05) is 31.2 Å². The van der Waals surface area contributed by atoms with Gasteiger partial charge in [0.05, 0.1) is 17.3 Å². The lowest BCUT2D eigenvalue weighted by molar-refractivity contribution is -0.125. The second kappa shape index (κ2) is 9.96. The Morgan fingerprint density at radius 3 is 2.50 bits per heavy atom. The molecule has 0 aliphatic heterocycles. The molecule has 0 saturated heterocycles. The van der Waals surface area contributed by atoms with Gasteiger partial charge in [0.1, 0.15) is 29.2 Å². The van der Waals surface area contributed by atoms with Gasteiger partial charge in [-0.25, -0.2) is 4.79 Å². The van der Waals surface area contributed by atoms with E-state index in [-0.39, 0.29) is 12.2 Å². The molecule has 176 valence electrons. The Morgan fingerprint density at radius 2 is 1.85 bits per heavy atom. The summed E-state index contributed by atoms with van der Waals surface area (Å²) in [5, 5.41) is 18.0. The van der Waals surface area contributed by atoms with E-state index in [0.717, 1.165) is 35.6 Å². The average molecular weight is 462 g/mol. The Morgan fingerprint density at radius 1 is 1.15 bits per heavy atom. The van der Waals surface area contributed by atoms with Crippen LogP contribution in [0.4, 0.5) is 0 Å². The number of nitrogens with zero attached hydrogens (tertiary/aromatic N) is 2. The summed E-state index contributed by atoms with van der Waals surface area (Å²) in [5.41, 5.74) is 0.855. The summed E-state index contributed by atoms with van der Waals surface area (Å²) in [6.45, 7) is 3.32. The third kappa shape index (κ3) is 5.04. The van der Waals surface area contributed by atoms with Gasteiger partial charge in [0.15, 0.2) is 6.61 Å². The zero-order valence-corrected chi connectivity index (χ0v) is 19.3. The molecule has 1 fully saturated rings. The van der Waals surface area contributed by atoms with E-state index in [1.54, 1.807) is 19.1 Å². The molecule has 0 unspecified atom stereocenters. The highest BCUT2D eigenvalue weighted by Gasteiger charge is 2.33. The van der Waals surface area contributed by atoms with Crippen molar-refractivity contribution in [1.29, 1.82) is 5.26 Å². The number of amides is 1. The molecule has 0 bridgehead atoms. The average Bonchev–Trinajstić information content (AvgIpc) is 3.18. The first-order valence-corrected chi connectivity index (χ1v) is 11.4. The minimum atomic E-state index is -0.882. The van der Waals surface area contributed by atoms with Crippen LogP contribution in [0.25, 0.3) is 10.8 Å². The molecule has 0 spiro atoms. The lowest BCUT2D eigenvalue weighted by Gasteiger charge is -2.31. The SMILES string of the molecule is Cc1noc(C)c1COc1cc2ccccc2cc1C(=O)OCC(=O)NC1(C#N)CCCCC1. The smallest absolute Gasteiger partial charge is 0.342 e. The van der Waals surface area contributed by atoms with Crippen molar-refractivity contribution in [1.82, 2.24) is 10.5 Å². The van der Waals surface area contributed by atoms with Crippen molar-refractivity contribution in [3.63, 3.8) is 0 Å². The number of carbonyl (C=O) groups is 2. The molecule has 1 saturated carbocycles. The van der Waals surface area contributed by atoms with Gasteiger partial charge in [-0.3, -0.25) is 4.79 Å². The maximum absolute atomic E-state index is 13.0. The predicted molar refractivity (Wildman–Crippen MR) is 124 cm³/mol. The highest BCUT2D eigenvalue weighted by Crippen LogP contribution is 2.29. The Balaban J connectivity index is 1.50. The molecular formula is C26H27N3O5. The van der Waals surface area contributed by atoms with Gasteiger partial charge in [0.25, 0.3) is 5.91 Å². The minimum Gasteiger partial charge on any atom is -0.488 e. The molecule has 3 aromatic rings. The van der Waals surface area contributed by atoms with Gasteiger partial charge in [0.2, 0.25) is 0 Å². The van der Waals surface area contributed by atoms with Crippen LogP contribution in [0.5, 0.6) is 5.75 Å². The molecule has 1 aliphatic rings. The molecule has 1 amide bonds. The van der Waals surface area contributed by atoms with Crippen molar-refractivity contribution in [3.8, 4) is 11.8 Å². The molecule has 1 heterocycles. The maximum Gasteiger partial charge on any atom is 0.342 e. The van der Waals surface area contributed by atoms with Crippen LogP contribution < -0.4 is 10.1 Å². The number of esters is 1. The number of aryl methyl sites for hydroxylation is 2. The Labute approximate surface area is 197 Å². The standard InChI is InChI=1S/C26H27N3O5/c1-17-22(18(2)34-29-17)14-32-23-13-20-9-5-4-8-19(20)12-21(23)25(31)33-15-24(30)28-26(16-27)10-6-3-7-11-26/h4-5,8-9,12-13H,3,6-7,10-11,14-15H2,1-2H3,(H,28,30). The summed E-state index contributed by atoms with van der Waals surface area (Å²) in [7, 11) is 0. The predicted octanol–water partition coefficient (Wildman–Crippen LogP) is 4.52. The van der Waals surface area contributed by atoms with E-state index in [0.29, 0.717) is 30.0 Å². The fraction of sp³-hybridized carbons (Fsp3) is 0.385. The van der Waals surface area contributed by atoms with Crippen LogP contribution in [0.15, 0.2) is 40.9 Å². The molecule has 1 aromatic heterocycles. The van der Waals surface area contributed by atoms with E-state index in [4.69, 9.17) is 14.0 Å². The molecule has 2 aromatic carbocycles. The van der Waals surface area contributed by atoms with E-state index >= 15 is 0 Å². The van der Waals surface area contributed by atoms with Gasteiger partial charge in [-0.15, -0.1) is 0 Å². The number of nitrogens with one attached hydrogen (secondary N) is 1. The molecule has 8 nitrogen and oxygen atoms in total. The second-order valence-electron chi connectivity index (χ2n) is 8.67. The number of benzene rings is 2. The number of hydrogen-bond donors (Lipinski definition) is 1. The van der Waals surface area contributed by atoms with Crippen molar-refractivity contribution >= 4 is 22.6 Å². The van der Waals surface area contributed by atoms with Gasteiger partial charge in [-0.05, 0) is 49.6 Å². The fourth-order valence-electron chi connectivity index (χ4n) is 4.29. The second-order valence-corrected chi connectivity index (χ2v) is 8.67. The number of fused-ring (bicyclic) bond motifs is 1. The quantitative estimate of drug-likeness (QED) is 0.514. The fourth-order valence-corrected chi connectivity index (χ4v) is 4.29. The molecular weight excluding hydrogens is 434 g/mol. The molecule has 1 N–H and O–H groups in total. The molecule has 8 heteroatoms. The van der Waals surface area contributed by atoms with Gasteiger partial charge < -0.3 is 19.3 Å². The van der Waals surface area contributed by atoms with Crippen molar-refractivity contribution in [2.75, 3.05) is 6.61 Å². The molecule has 0 atom stereocenters. The van der Waals surface area contributed by atoms with Gasteiger partial charge in [-0.2, -0.15) is 5.26 Å². The van der Waals surface area contributed by atoms with E-state index in [2.05, 4.69) is 16.5 Å². The largest absolute Gasteiger partial charge is 0.488 e. The van der Waals surface area contributed by atoms with Crippen molar-refractivity contribution in [2.24, 2.45) is 0 Å². The first-order valence-electron chi connectivity index (χ1n) is 11.4. The van der Waals surface area contributed by atoms with E-state index in [9.17, 15) is 14.9 Å².